The quantitative estimate of drug-likeness (QED) is 0.877. The van der Waals surface area contributed by atoms with Gasteiger partial charge in [-0.1, -0.05) is 30.3 Å². The summed E-state index contributed by atoms with van der Waals surface area (Å²) in [7, 11) is 1.81. The van der Waals surface area contributed by atoms with E-state index in [-0.39, 0.29) is 11.9 Å². The van der Waals surface area contributed by atoms with Gasteiger partial charge in [0.15, 0.2) is 0 Å². The highest BCUT2D eigenvalue weighted by atomic mass is 16.2. The van der Waals surface area contributed by atoms with Crippen molar-refractivity contribution < 1.29 is 4.79 Å². The van der Waals surface area contributed by atoms with Crippen LogP contribution in [0.15, 0.2) is 42.7 Å². The first-order chi connectivity index (χ1) is 10.1. The molecule has 3 N–H and O–H groups in total. The first-order valence-corrected chi connectivity index (χ1v) is 7.24. The Labute approximate surface area is 124 Å². The van der Waals surface area contributed by atoms with Gasteiger partial charge in [0.05, 0.1) is 12.2 Å². The lowest BCUT2D eigenvalue weighted by molar-refractivity contribution is -0.123. The summed E-state index contributed by atoms with van der Waals surface area (Å²) >= 11 is 0. The van der Waals surface area contributed by atoms with Crippen molar-refractivity contribution in [3.05, 3.63) is 53.9 Å². The molecule has 0 saturated heterocycles. The maximum atomic E-state index is 12.4. The fourth-order valence-corrected chi connectivity index (χ4v) is 2.56. The van der Waals surface area contributed by atoms with Crippen LogP contribution < -0.4 is 11.1 Å². The second kappa shape index (κ2) is 5.69. The zero-order valence-corrected chi connectivity index (χ0v) is 12.1. The molecule has 0 radical (unpaired) electrons. The zero-order chi connectivity index (χ0) is 14.8. The molecule has 0 bridgehead atoms. The minimum absolute atomic E-state index is 0.0569. The number of benzene rings is 1. The molecule has 1 aromatic heterocycles. The molecule has 1 fully saturated rings. The van der Waals surface area contributed by atoms with E-state index in [2.05, 4.69) is 22.5 Å². The van der Waals surface area contributed by atoms with E-state index in [0.717, 1.165) is 24.0 Å². The van der Waals surface area contributed by atoms with Gasteiger partial charge < -0.3 is 11.1 Å². The van der Waals surface area contributed by atoms with Crippen LogP contribution in [0.1, 0.15) is 36.1 Å². The summed E-state index contributed by atoms with van der Waals surface area (Å²) in [6.07, 6.45) is 5.72. The van der Waals surface area contributed by atoms with E-state index in [1.165, 1.54) is 0 Å². The molecule has 5 heteroatoms. The van der Waals surface area contributed by atoms with E-state index in [0.29, 0.717) is 5.92 Å². The SMILES string of the molecule is Cn1cc(C(N)C(=O)NC(c2ccccc2)C2CC2)cn1. The number of amides is 1. The summed E-state index contributed by atoms with van der Waals surface area (Å²) in [5.41, 5.74) is 7.91. The Morgan fingerprint density at radius 2 is 2.05 bits per heavy atom. The van der Waals surface area contributed by atoms with E-state index in [9.17, 15) is 4.79 Å². The number of nitrogens with two attached hydrogens (primary N) is 1. The maximum absolute atomic E-state index is 12.4. The van der Waals surface area contributed by atoms with Crippen molar-refractivity contribution in [2.24, 2.45) is 18.7 Å². The fourth-order valence-electron chi connectivity index (χ4n) is 2.56. The minimum atomic E-state index is -0.677. The summed E-state index contributed by atoms with van der Waals surface area (Å²) in [4.78, 5) is 12.4. The van der Waals surface area contributed by atoms with Crippen molar-refractivity contribution in [3.8, 4) is 0 Å². The molecule has 21 heavy (non-hydrogen) atoms. The first-order valence-electron chi connectivity index (χ1n) is 7.24. The highest BCUT2D eigenvalue weighted by Gasteiger charge is 2.34. The van der Waals surface area contributed by atoms with Crippen LogP contribution in [-0.4, -0.2) is 15.7 Å². The van der Waals surface area contributed by atoms with Gasteiger partial charge in [-0.15, -0.1) is 0 Å². The van der Waals surface area contributed by atoms with Crippen molar-refractivity contribution in [1.82, 2.24) is 15.1 Å². The van der Waals surface area contributed by atoms with Gasteiger partial charge in [-0.05, 0) is 24.3 Å². The second-order valence-electron chi connectivity index (χ2n) is 5.66. The van der Waals surface area contributed by atoms with Crippen LogP contribution in [0.3, 0.4) is 0 Å². The van der Waals surface area contributed by atoms with Gasteiger partial charge in [-0.25, -0.2) is 0 Å². The van der Waals surface area contributed by atoms with Gasteiger partial charge in [0.25, 0.3) is 0 Å². The number of hydrogen-bond acceptors (Lipinski definition) is 3. The Balaban J connectivity index is 1.72. The predicted molar refractivity (Wildman–Crippen MR) is 80.2 cm³/mol. The molecular weight excluding hydrogens is 264 g/mol. The van der Waals surface area contributed by atoms with Gasteiger partial charge in [-0.2, -0.15) is 5.10 Å². The first kappa shape index (κ1) is 13.8. The fraction of sp³-hybridized carbons (Fsp3) is 0.375. The third-order valence-electron chi connectivity index (χ3n) is 3.92. The summed E-state index contributed by atoms with van der Waals surface area (Å²) in [6, 6.07) is 9.47. The monoisotopic (exact) mass is 284 g/mol. The van der Waals surface area contributed by atoms with E-state index in [4.69, 9.17) is 5.73 Å². The molecule has 1 saturated carbocycles. The van der Waals surface area contributed by atoms with E-state index in [1.54, 1.807) is 17.1 Å². The van der Waals surface area contributed by atoms with Gasteiger partial charge in [0.1, 0.15) is 6.04 Å². The number of rotatable bonds is 5. The van der Waals surface area contributed by atoms with Crippen LogP contribution in [0.2, 0.25) is 0 Å². The third-order valence-corrected chi connectivity index (χ3v) is 3.92. The van der Waals surface area contributed by atoms with E-state index < -0.39 is 6.04 Å². The number of aromatic nitrogens is 2. The molecule has 5 nitrogen and oxygen atoms in total. The Bertz CT molecular complexity index is 618. The van der Waals surface area contributed by atoms with Crippen LogP contribution in [0.4, 0.5) is 0 Å². The van der Waals surface area contributed by atoms with Gasteiger partial charge >= 0.3 is 0 Å². The molecule has 0 aliphatic heterocycles. The predicted octanol–water partition coefficient (Wildman–Crippen LogP) is 1.69. The number of aryl methyl sites for hydroxylation is 1. The van der Waals surface area contributed by atoms with Gasteiger partial charge in [0.2, 0.25) is 5.91 Å². The number of hydrogen-bond donors (Lipinski definition) is 2. The van der Waals surface area contributed by atoms with Gasteiger partial charge in [-0.3, -0.25) is 9.48 Å². The van der Waals surface area contributed by atoms with Crippen LogP contribution in [0.25, 0.3) is 0 Å². The topological polar surface area (TPSA) is 72.9 Å². The van der Waals surface area contributed by atoms with Crippen molar-refractivity contribution >= 4 is 5.91 Å². The molecule has 1 heterocycles. The number of nitrogens with one attached hydrogen (secondary N) is 1. The van der Waals surface area contributed by atoms with E-state index in [1.807, 2.05) is 25.2 Å². The number of carbonyl (C=O) groups is 1. The highest BCUT2D eigenvalue weighted by molar-refractivity contribution is 5.83. The van der Waals surface area contributed by atoms with E-state index >= 15 is 0 Å². The Kier molecular flexibility index (Phi) is 3.75. The molecule has 2 aromatic rings. The Hall–Kier alpha value is -2.14. The zero-order valence-electron chi connectivity index (χ0n) is 12.1. The molecular formula is C16H20N4O. The van der Waals surface area contributed by atoms with Crippen LogP contribution in [0, 0.1) is 5.92 Å². The maximum Gasteiger partial charge on any atom is 0.242 e. The molecule has 1 aromatic carbocycles. The molecule has 1 amide bonds. The largest absolute Gasteiger partial charge is 0.347 e. The molecule has 1 aliphatic carbocycles. The lowest BCUT2D eigenvalue weighted by atomic mass is 10.0. The number of carbonyl (C=O) groups excluding carboxylic acids is 1. The standard InChI is InChI=1S/C16H20N4O/c1-20-10-13(9-18-20)14(17)16(21)19-15(12-7-8-12)11-5-3-2-4-6-11/h2-6,9-10,12,14-15H,7-8,17H2,1H3,(H,19,21). The molecule has 1 aliphatic rings. The molecule has 2 unspecified atom stereocenters. The average Bonchev–Trinajstić information content (AvgIpc) is 3.25. The lowest BCUT2D eigenvalue weighted by Crippen LogP contribution is -2.37. The van der Waals surface area contributed by atoms with Crippen molar-refractivity contribution in [1.29, 1.82) is 0 Å². The Morgan fingerprint density at radius 3 is 2.62 bits per heavy atom. The van der Waals surface area contributed by atoms with Crippen LogP contribution in [-0.2, 0) is 11.8 Å². The third kappa shape index (κ3) is 3.13. The van der Waals surface area contributed by atoms with Crippen LogP contribution in [0.5, 0.6) is 0 Å². The molecule has 0 spiro atoms. The normalized spacial score (nSPS) is 17.2. The Morgan fingerprint density at radius 1 is 1.33 bits per heavy atom. The highest BCUT2D eigenvalue weighted by Crippen LogP contribution is 2.41. The molecule has 3 rings (SSSR count). The summed E-state index contributed by atoms with van der Waals surface area (Å²) in [5, 5.41) is 7.16. The van der Waals surface area contributed by atoms with Gasteiger partial charge in [0, 0.05) is 18.8 Å². The molecule has 110 valence electrons. The summed E-state index contributed by atoms with van der Waals surface area (Å²) < 4.78 is 1.65. The van der Waals surface area contributed by atoms with Crippen LogP contribution >= 0.6 is 0 Å². The smallest absolute Gasteiger partial charge is 0.242 e. The van der Waals surface area contributed by atoms with Crippen molar-refractivity contribution in [2.45, 2.75) is 24.9 Å². The second-order valence-corrected chi connectivity index (χ2v) is 5.66. The lowest BCUT2D eigenvalue weighted by Gasteiger charge is -2.21. The van der Waals surface area contributed by atoms with Crippen molar-refractivity contribution in [3.63, 3.8) is 0 Å². The summed E-state index contributed by atoms with van der Waals surface area (Å²) in [6.45, 7) is 0. The average molecular weight is 284 g/mol. The minimum Gasteiger partial charge on any atom is -0.347 e. The molecule has 2 atom stereocenters. The summed E-state index contributed by atoms with van der Waals surface area (Å²) in [5.74, 6) is 0.376. The van der Waals surface area contributed by atoms with Crippen molar-refractivity contribution in [2.75, 3.05) is 0 Å². The number of nitrogens with zero attached hydrogens (tertiary/aromatic N) is 2.